The van der Waals surface area contributed by atoms with E-state index < -0.39 is 0 Å². The first kappa shape index (κ1) is 11.5. The van der Waals surface area contributed by atoms with Gasteiger partial charge in [0.05, 0.1) is 6.20 Å². The molecule has 0 bridgehead atoms. The Morgan fingerprint density at radius 1 is 1.33 bits per heavy atom. The minimum atomic E-state index is 0.768. The van der Waals surface area contributed by atoms with Gasteiger partial charge in [-0.05, 0) is 45.0 Å². The normalized spacial score (nSPS) is 18.3. The minimum absolute atomic E-state index is 0.768. The summed E-state index contributed by atoms with van der Waals surface area (Å²) in [6.45, 7) is 3.44. The molecule has 0 aromatic carbocycles. The van der Waals surface area contributed by atoms with Crippen molar-refractivity contribution in [2.24, 2.45) is 5.92 Å². The molecule has 1 N–H and O–H groups in total. The largest absolute Gasteiger partial charge is 0.370 e. The lowest BCUT2D eigenvalue weighted by Crippen LogP contribution is -2.33. The maximum Gasteiger partial charge on any atom is 0.157 e. The van der Waals surface area contributed by atoms with E-state index in [1.54, 1.807) is 10.7 Å². The van der Waals surface area contributed by atoms with Crippen molar-refractivity contribution >= 4 is 11.5 Å². The van der Waals surface area contributed by atoms with E-state index in [1.807, 2.05) is 18.3 Å². The molecule has 1 fully saturated rings. The highest BCUT2D eigenvalue weighted by molar-refractivity contribution is 5.45. The summed E-state index contributed by atoms with van der Waals surface area (Å²) in [6, 6.07) is 3.90. The molecule has 1 aliphatic heterocycles. The molecule has 0 saturated carbocycles. The molecule has 0 unspecified atom stereocenters. The van der Waals surface area contributed by atoms with Crippen LogP contribution in [0.25, 0.3) is 5.65 Å². The zero-order valence-electron chi connectivity index (χ0n) is 10.7. The number of piperidine rings is 1. The molecule has 0 atom stereocenters. The number of rotatable bonds is 3. The van der Waals surface area contributed by atoms with Gasteiger partial charge < -0.3 is 10.2 Å². The molecule has 1 saturated heterocycles. The minimum Gasteiger partial charge on any atom is -0.370 e. The van der Waals surface area contributed by atoms with Crippen LogP contribution in [-0.2, 0) is 0 Å². The standard InChI is InChI=1S/C13H19N5/c1-17-7-3-11(4-8-17)10-14-12-5-9-18-13(16-12)2-6-15-18/h2,5-6,9,11H,3-4,7-8,10H2,1H3,(H,14,16). The van der Waals surface area contributed by atoms with Crippen LogP contribution < -0.4 is 5.32 Å². The Kier molecular flexibility index (Phi) is 3.15. The van der Waals surface area contributed by atoms with E-state index in [0.29, 0.717) is 0 Å². The van der Waals surface area contributed by atoms with E-state index in [0.717, 1.165) is 23.9 Å². The van der Waals surface area contributed by atoms with Gasteiger partial charge in [0, 0.05) is 18.8 Å². The van der Waals surface area contributed by atoms with Gasteiger partial charge in [-0.25, -0.2) is 9.50 Å². The topological polar surface area (TPSA) is 45.5 Å². The van der Waals surface area contributed by atoms with Gasteiger partial charge in [0.15, 0.2) is 5.65 Å². The van der Waals surface area contributed by atoms with Crippen LogP contribution in [0, 0.1) is 5.92 Å². The molecule has 2 aromatic rings. The fourth-order valence-corrected chi connectivity index (χ4v) is 2.43. The van der Waals surface area contributed by atoms with E-state index in [1.165, 1.54) is 25.9 Å². The first-order valence-electron chi connectivity index (χ1n) is 6.54. The Balaban J connectivity index is 1.59. The van der Waals surface area contributed by atoms with Gasteiger partial charge in [-0.1, -0.05) is 0 Å². The number of anilines is 1. The van der Waals surface area contributed by atoms with E-state index >= 15 is 0 Å². The maximum absolute atomic E-state index is 4.51. The van der Waals surface area contributed by atoms with Crippen LogP contribution >= 0.6 is 0 Å². The monoisotopic (exact) mass is 245 g/mol. The van der Waals surface area contributed by atoms with Crippen LogP contribution in [0.5, 0.6) is 0 Å². The summed E-state index contributed by atoms with van der Waals surface area (Å²) >= 11 is 0. The number of hydrogen-bond donors (Lipinski definition) is 1. The molecule has 0 radical (unpaired) electrons. The molecule has 5 heteroatoms. The second-order valence-electron chi connectivity index (χ2n) is 5.07. The van der Waals surface area contributed by atoms with Gasteiger partial charge in [-0.3, -0.25) is 0 Å². The molecule has 1 aliphatic rings. The predicted octanol–water partition coefficient (Wildman–Crippen LogP) is 1.48. The van der Waals surface area contributed by atoms with E-state index in [2.05, 4.69) is 27.3 Å². The van der Waals surface area contributed by atoms with Crippen molar-refractivity contribution in [3.63, 3.8) is 0 Å². The van der Waals surface area contributed by atoms with Crippen molar-refractivity contribution in [2.45, 2.75) is 12.8 Å². The third kappa shape index (κ3) is 2.46. The van der Waals surface area contributed by atoms with Crippen LogP contribution in [0.4, 0.5) is 5.82 Å². The number of likely N-dealkylation sites (tertiary alicyclic amines) is 1. The van der Waals surface area contributed by atoms with Crippen molar-refractivity contribution in [3.8, 4) is 0 Å². The fourth-order valence-electron chi connectivity index (χ4n) is 2.43. The van der Waals surface area contributed by atoms with Crippen molar-refractivity contribution in [1.82, 2.24) is 19.5 Å². The van der Waals surface area contributed by atoms with Gasteiger partial charge in [0.1, 0.15) is 5.82 Å². The van der Waals surface area contributed by atoms with E-state index in [9.17, 15) is 0 Å². The highest BCUT2D eigenvalue weighted by atomic mass is 15.2. The van der Waals surface area contributed by atoms with Crippen LogP contribution in [0.1, 0.15) is 12.8 Å². The average Bonchev–Trinajstić information content (AvgIpc) is 2.85. The maximum atomic E-state index is 4.51. The molecule has 18 heavy (non-hydrogen) atoms. The summed E-state index contributed by atoms with van der Waals surface area (Å²) in [5.41, 5.74) is 0.892. The van der Waals surface area contributed by atoms with Gasteiger partial charge >= 0.3 is 0 Å². The third-order valence-electron chi connectivity index (χ3n) is 3.67. The SMILES string of the molecule is CN1CCC(CNc2ccn3nccc3n2)CC1. The summed E-state index contributed by atoms with van der Waals surface area (Å²) in [4.78, 5) is 6.91. The Morgan fingerprint density at radius 3 is 3.00 bits per heavy atom. The highest BCUT2D eigenvalue weighted by Crippen LogP contribution is 2.16. The lowest BCUT2D eigenvalue weighted by molar-refractivity contribution is 0.226. The molecule has 3 rings (SSSR count). The number of fused-ring (bicyclic) bond motifs is 1. The second kappa shape index (κ2) is 4.94. The Labute approximate surface area is 107 Å². The summed E-state index contributed by atoms with van der Waals surface area (Å²) in [7, 11) is 2.19. The van der Waals surface area contributed by atoms with Crippen molar-refractivity contribution in [1.29, 1.82) is 0 Å². The molecule has 0 spiro atoms. The molecule has 0 aliphatic carbocycles. The van der Waals surface area contributed by atoms with Crippen LogP contribution in [0.2, 0.25) is 0 Å². The zero-order valence-corrected chi connectivity index (χ0v) is 10.7. The Hall–Kier alpha value is -1.62. The smallest absolute Gasteiger partial charge is 0.157 e. The van der Waals surface area contributed by atoms with Crippen molar-refractivity contribution in [2.75, 3.05) is 32.0 Å². The summed E-state index contributed by atoms with van der Waals surface area (Å²) in [5, 5.41) is 7.58. The Morgan fingerprint density at radius 2 is 2.17 bits per heavy atom. The molecule has 0 amide bonds. The molecule has 3 heterocycles. The van der Waals surface area contributed by atoms with E-state index in [-0.39, 0.29) is 0 Å². The average molecular weight is 245 g/mol. The molecule has 5 nitrogen and oxygen atoms in total. The first-order chi connectivity index (χ1) is 8.81. The van der Waals surface area contributed by atoms with Crippen molar-refractivity contribution in [3.05, 3.63) is 24.5 Å². The van der Waals surface area contributed by atoms with Crippen molar-refractivity contribution < 1.29 is 0 Å². The zero-order chi connectivity index (χ0) is 12.4. The summed E-state index contributed by atoms with van der Waals surface area (Å²) in [5.74, 6) is 1.71. The lowest BCUT2D eigenvalue weighted by atomic mass is 9.97. The van der Waals surface area contributed by atoms with Gasteiger partial charge in [0.25, 0.3) is 0 Å². The van der Waals surface area contributed by atoms with Crippen LogP contribution in [0.3, 0.4) is 0 Å². The van der Waals surface area contributed by atoms with Gasteiger partial charge in [0.2, 0.25) is 0 Å². The molecular weight excluding hydrogens is 226 g/mol. The Bertz CT molecular complexity index is 513. The number of aromatic nitrogens is 3. The molecule has 96 valence electrons. The fraction of sp³-hybridized carbons (Fsp3) is 0.538. The van der Waals surface area contributed by atoms with Gasteiger partial charge in [-0.15, -0.1) is 0 Å². The predicted molar refractivity (Wildman–Crippen MR) is 71.7 cm³/mol. The molecular formula is C13H19N5. The number of hydrogen-bond acceptors (Lipinski definition) is 4. The van der Waals surface area contributed by atoms with E-state index in [4.69, 9.17) is 0 Å². The summed E-state index contributed by atoms with van der Waals surface area (Å²) in [6.07, 6.45) is 6.26. The molecule has 2 aromatic heterocycles. The quantitative estimate of drug-likeness (QED) is 0.889. The highest BCUT2D eigenvalue weighted by Gasteiger charge is 2.16. The second-order valence-corrected chi connectivity index (χ2v) is 5.07. The summed E-state index contributed by atoms with van der Waals surface area (Å²) < 4.78 is 1.78. The third-order valence-corrected chi connectivity index (χ3v) is 3.67. The lowest BCUT2D eigenvalue weighted by Gasteiger charge is -2.29. The number of nitrogens with zero attached hydrogens (tertiary/aromatic N) is 4. The van der Waals surface area contributed by atoms with Gasteiger partial charge in [-0.2, -0.15) is 5.10 Å². The van der Waals surface area contributed by atoms with Crippen LogP contribution in [0.15, 0.2) is 24.5 Å². The number of nitrogens with one attached hydrogen (secondary N) is 1. The van der Waals surface area contributed by atoms with Crippen LogP contribution in [-0.4, -0.2) is 46.2 Å². The first-order valence-corrected chi connectivity index (χ1v) is 6.54.